The van der Waals surface area contributed by atoms with Gasteiger partial charge in [-0.3, -0.25) is 4.79 Å². The molecule has 1 heterocycles. The molecule has 2 aliphatic rings. The summed E-state index contributed by atoms with van der Waals surface area (Å²) in [6, 6.07) is 0. The average Bonchev–Trinajstić information content (AvgIpc) is 2.64. The van der Waals surface area contributed by atoms with Gasteiger partial charge in [-0.25, -0.2) is 0 Å². The Bertz CT molecular complexity index is 693. The monoisotopic (exact) mass is 412 g/mol. The molecule has 1 aliphatic carbocycles. The molecule has 0 spiro atoms. The fourth-order valence-electron chi connectivity index (χ4n) is 3.66. The van der Waals surface area contributed by atoms with Gasteiger partial charge in [-0.05, 0) is 31.6 Å². The van der Waals surface area contributed by atoms with Crippen LogP contribution in [0.3, 0.4) is 0 Å². The molecule has 0 radical (unpaired) electrons. The summed E-state index contributed by atoms with van der Waals surface area (Å²) in [6.45, 7) is 6.72. The normalized spacial score (nSPS) is 38.4. The topological polar surface area (TPSA) is 137 Å². The third-order valence-electron chi connectivity index (χ3n) is 5.73. The van der Waals surface area contributed by atoms with Crippen LogP contribution in [-0.4, -0.2) is 80.8 Å². The van der Waals surface area contributed by atoms with Crippen LogP contribution in [0, 0.1) is 5.41 Å². The lowest BCUT2D eigenvalue weighted by atomic mass is 9.64. The van der Waals surface area contributed by atoms with Crippen molar-refractivity contribution in [3.63, 3.8) is 0 Å². The first-order chi connectivity index (χ1) is 13.4. The van der Waals surface area contributed by atoms with Crippen molar-refractivity contribution in [3.8, 4) is 0 Å². The van der Waals surface area contributed by atoms with Crippen LogP contribution in [-0.2, 0) is 14.3 Å². The lowest BCUT2D eigenvalue weighted by Gasteiger charge is -2.44. The van der Waals surface area contributed by atoms with Crippen molar-refractivity contribution in [3.05, 3.63) is 35.5 Å². The van der Waals surface area contributed by atoms with E-state index in [0.29, 0.717) is 5.57 Å². The van der Waals surface area contributed by atoms with Gasteiger partial charge in [-0.15, -0.1) is 0 Å². The molecule has 0 aromatic rings. The van der Waals surface area contributed by atoms with Crippen LogP contribution in [0.2, 0.25) is 0 Å². The second-order valence-corrected chi connectivity index (χ2v) is 8.43. The van der Waals surface area contributed by atoms with Crippen molar-refractivity contribution in [2.45, 2.75) is 70.4 Å². The summed E-state index contributed by atoms with van der Waals surface area (Å²) < 4.78 is 10.7. The first-order valence-corrected chi connectivity index (χ1v) is 9.65. The summed E-state index contributed by atoms with van der Waals surface area (Å²) in [4.78, 5) is 11.8. The fourth-order valence-corrected chi connectivity index (χ4v) is 3.66. The second kappa shape index (κ2) is 9.18. The highest BCUT2D eigenvalue weighted by molar-refractivity contribution is 5.92. The van der Waals surface area contributed by atoms with Crippen LogP contribution in [0.25, 0.3) is 0 Å². The molecule has 0 aromatic carbocycles. The van der Waals surface area contributed by atoms with Gasteiger partial charge in [0.1, 0.15) is 30.0 Å². The van der Waals surface area contributed by atoms with E-state index in [-0.39, 0.29) is 18.8 Å². The Morgan fingerprint density at radius 3 is 2.52 bits per heavy atom. The molecule has 8 nitrogen and oxygen atoms in total. The Morgan fingerprint density at radius 1 is 1.28 bits per heavy atom. The zero-order chi connectivity index (χ0) is 22.0. The van der Waals surface area contributed by atoms with Crippen molar-refractivity contribution < 1.29 is 39.8 Å². The van der Waals surface area contributed by atoms with Crippen molar-refractivity contribution >= 4 is 5.78 Å². The smallest absolute Gasteiger partial charge is 0.187 e. The summed E-state index contributed by atoms with van der Waals surface area (Å²) in [5.41, 5.74) is -0.551. The highest BCUT2D eigenvalue weighted by atomic mass is 16.7. The summed E-state index contributed by atoms with van der Waals surface area (Å²) in [6.07, 6.45) is 0.197. The minimum absolute atomic E-state index is 0.00855. The molecule has 164 valence electrons. The molecule has 1 aliphatic heterocycles. The van der Waals surface area contributed by atoms with Crippen LogP contribution in [0.5, 0.6) is 0 Å². The van der Waals surface area contributed by atoms with Gasteiger partial charge in [0.15, 0.2) is 12.1 Å². The standard InChI is InChI=1S/C21H32O8/c1-12(5-7-21(27)13(2)9-14(23)10-20(21,3)4)6-8-28-19-18(26)17(25)16(24)15(11-22)29-19/h5-7,9,15-19,22,24-27H,8,10-11H2,1-4H3/t15-,16-,17+,18-,19-,21-/m1/s1. The predicted molar refractivity (Wildman–Crippen MR) is 105 cm³/mol. The van der Waals surface area contributed by atoms with Gasteiger partial charge in [0.2, 0.25) is 0 Å². The quantitative estimate of drug-likeness (QED) is 0.384. The Morgan fingerprint density at radius 2 is 1.93 bits per heavy atom. The van der Waals surface area contributed by atoms with Gasteiger partial charge in [-0.2, -0.15) is 0 Å². The molecule has 5 N–H and O–H groups in total. The maximum Gasteiger partial charge on any atom is 0.187 e. The van der Waals surface area contributed by atoms with Gasteiger partial charge in [0.05, 0.1) is 13.2 Å². The number of hydrogen-bond donors (Lipinski definition) is 5. The summed E-state index contributed by atoms with van der Waals surface area (Å²) in [7, 11) is 0. The molecular formula is C21H32O8. The predicted octanol–water partition coefficient (Wildman–Crippen LogP) is -0.0182. The lowest BCUT2D eigenvalue weighted by Crippen LogP contribution is -2.59. The highest BCUT2D eigenvalue weighted by Crippen LogP contribution is 2.44. The molecule has 0 bridgehead atoms. The minimum atomic E-state index is -1.49. The number of aliphatic hydroxyl groups is 5. The fraction of sp³-hybridized carbons (Fsp3) is 0.667. The van der Waals surface area contributed by atoms with E-state index in [9.17, 15) is 30.3 Å². The molecule has 1 fully saturated rings. The number of carbonyl (C=O) groups excluding carboxylic acids is 1. The Labute approximate surface area is 170 Å². The van der Waals surface area contributed by atoms with Crippen LogP contribution in [0.1, 0.15) is 34.1 Å². The maximum atomic E-state index is 11.8. The van der Waals surface area contributed by atoms with Crippen molar-refractivity contribution in [2.75, 3.05) is 13.2 Å². The number of ether oxygens (including phenoxy) is 2. The minimum Gasteiger partial charge on any atom is -0.394 e. The third kappa shape index (κ3) is 5.03. The lowest BCUT2D eigenvalue weighted by molar-refractivity contribution is -0.298. The van der Waals surface area contributed by atoms with E-state index in [4.69, 9.17) is 9.47 Å². The van der Waals surface area contributed by atoms with Gasteiger partial charge in [0, 0.05) is 11.8 Å². The number of hydrogen-bond acceptors (Lipinski definition) is 8. The Hall–Kier alpha value is -1.39. The summed E-state index contributed by atoms with van der Waals surface area (Å²) in [5, 5.41) is 49.8. The van der Waals surface area contributed by atoms with Crippen molar-refractivity contribution in [1.82, 2.24) is 0 Å². The van der Waals surface area contributed by atoms with Gasteiger partial charge < -0.3 is 35.0 Å². The van der Waals surface area contributed by atoms with Gasteiger partial charge >= 0.3 is 0 Å². The highest BCUT2D eigenvalue weighted by Gasteiger charge is 2.47. The maximum absolute atomic E-state index is 11.8. The molecule has 0 amide bonds. The Balaban J connectivity index is 2.01. The number of ketones is 1. The second-order valence-electron chi connectivity index (χ2n) is 8.43. The molecule has 0 unspecified atom stereocenters. The number of allylic oxidation sites excluding steroid dienone is 3. The van der Waals surface area contributed by atoms with E-state index in [2.05, 4.69) is 0 Å². The van der Waals surface area contributed by atoms with Crippen LogP contribution >= 0.6 is 0 Å². The summed E-state index contributed by atoms with van der Waals surface area (Å²) in [5.74, 6) is -0.00855. The third-order valence-corrected chi connectivity index (χ3v) is 5.73. The van der Waals surface area contributed by atoms with Crippen LogP contribution in [0.15, 0.2) is 35.5 Å². The molecule has 8 heteroatoms. The molecule has 0 saturated carbocycles. The van der Waals surface area contributed by atoms with Crippen molar-refractivity contribution in [1.29, 1.82) is 0 Å². The van der Waals surface area contributed by atoms with E-state index in [0.717, 1.165) is 5.57 Å². The van der Waals surface area contributed by atoms with E-state index < -0.39 is 48.3 Å². The van der Waals surface area contributed by atoms with Gasteiger partial charge in [0.25, 0.3) is 0 Å². The average molecular weight is 412 g/mol. The molecule has 6 atom stereocenters. The zero-order valence-corrected chi connectivity index (χ0v) is 17.3. The zero-order valence-electron chi connectivity index (χ0n) is 17.3. The number of carbonyl (C=O) groups is 1. The van der Waals surface area contributed by atoms with Crippen LogP contribution in [0.4, 0.5) is 0 Å². The van der Waals surface area contributed by atoms with Gasteiger partial charge in [-0.1, -0.05) is 31.6 Å². The van der Waals surface area contributed by atoms with Crippen LogP contribution < -0.4 is 0 Å². The first kappa shape index (κ1) is 23.9. The van der Waals surface area contributed by atoms with E-state index >= 15 is 0 Å². The molecule has 1 saturated heterocycles. The summed E-state index contributed by atoms with van der Waals surface area (Å²) >= 11 is 0. The molecular weight excluding hydrogens is 380 g/mol. The Kier molecular flexibility index (Phi) is 7.56. The molecule has 2 rings (SSSR count). The molecule has 0 aromatic heterocycles. The first-order valence-electron chi connectivity index (χ1n) is 9.65. The number of aliphatic hydroxyl groups excluding tert-OH is 4. The largest absolute Gasteiger partial charge is 0.394 e. The molecule has 29 heavy (non-hydrogen) atoms. The van der Waals surface area contributed by atoms with E-state index in [1.165, 1.54) is 6.08 Å². The van der Waals surface area contributed by atoms with E-state index in [1.54, 1.807) is 32.1 Å². The van der Waals surface area contributed by atoms with Crippen molar-refractivity contribution in [2.24, 2.45) is 5.41 Å². The SMILES string of the molecule is CC(C=C[C@@]1(O)C(C)=CC(=O)CC1(C)C)=CCO[C@@H]1O[C@H](CO)[C@@H](O)[C@H](O)[C@H]1O. The van der Waals surface area contributed by atoms with E-state index in [1.807, 2.05) is 13.8 Å². The number of rotatable bonds is 6.